The smallest absolute Gasteiger partial charge is 0.155 e. The van der Waals surface area contributed by atoms with Gasteiger partial charge >= 0.3 is 0 Å². The third-order valence-electron chi connectivity index (χ3n) is 3.76. The monoisotopic (exact) mass is 333 g/mol. The van der Waals surface area contributed by atoms with Crippen molar-refractivity contribution in [3.63, 3.8) is 0 Å². The van der Waals surface area contributed by atoms with Crippen molar-refractivity contribution in [3.05, 3.63) is 60.2 Å². The molecule has 0 amide bonds. The number of nitrogens with one attached hydrogen (secondary N) is 1. The lowest BCUT2D eigenvalue weighted by Gasteiger charge is -2.15. The number of H-pyrrole nitrogens is 1. The molecule has 3 heterocycles. The average Bonchev–Trinajstić information content (AvgIpc) is 3.06. The lowest BCUT2D eigenvalue weighted by Crippen LogP contribution is -2.18. The molecule has 0 bridgehead atoms. The molecule has 0 radical (unpaired) electrons. The van der Waals surface area contributed by atoms with E-state index in [1.807, 2.05) is 69.4 Å². The quantitative estimate of drug-likeness (QED) is 0.545. The van der Waals surface area contributed by atoms with Crippen LogP contribution in [0.4, 0.5) is 0 Å². The molecule has 25 heavy (non-hydrogen) atoms. The van der Waals surface area contributed by atoms with E-state index in [1.165, 1.54) is 0 Å². The van der Waals surface area contributed by atoms with Crippen molar-refractivity contribution >= 4 is 21.9 Å². The molecule has 4 rings (SSSR count). The van der Waals surface area contributed by atoms with Gasteiger partial charge in [-0.15, -0.1) is 0 Å². The van der Waals surface area contributed by atoms with Crippen LogP contribution in [0.5, 0.6) is 0 Å². The molecule has 0 atom stereocenters. The number of hydrogen-bond donors (Lipinski definition) is 1. The number of benzene rings is 1. The van der Waals surface area contributed by atoms with Crippen molar-refractivity contribution in [2.75, 3.05) is 0 Å². The molecule has 1 aromatic carbocycles. The number of nitrogens with zero attached hydrogens (tertiary/aromatic N) is 2. The highest BCUT2D eigenvalue weighted by molar-refractivity contribution is 5.83. The molecule has 0 saturated carbocycles. The summed E-state index contributed by atoms with van der Waals surface area (Å²) in [5.41, 5.74) is 2.12. The minimum atomic E-state index is -0.365. The predicted octanol–water partition coefficient (Wildman–Crippen LogP) is 4.61. The first kappa shape index (κ1) is 15.4. The van der Waals surface area contributed by atoms with Gasteiger partial charge in [0.1, 0.15) is 22.2 Å². The van der Waals surface area contributed by atoms with E-state index < -0.39 is 0 Å². The second kappa shape index (κ2) is 5.77. The predicted molar refractivity (Wildman–Crippen MR) is 97.7 cm³/mol. The van der Waals surface area contributed by atoms with Gasteiger partial charge in [0.25, 0.3) is 0 Å². The van der Waals surface area contributed by atoms with Gasteiger partial charge in [-0.3, -0.25) is 4.98 Å². The van der Waals surface area contributed by atoms with Crippen LogP contribution < -0.4 is 5.36 Å². The summed E-state index contributed by atoms with van der Waals surface area (Å²) in [5, 5.41) is 7.06. The van der Waals surface area contributed by atoms with Gasteiger partial charge in [0.05, 0.1) is 11.7 Å². The summed E-state index contributed by atoms with van der Waals surface area (Å²) in [6.45, 7) is 5.90. The summed E-state index contributed by atoms with van der Waals surface area (Å²) in [4.78, 5) is 13.3. The van der Waals surface area contributed by atoms with E-state index in [2.05, 4.69) is 15.1 Å². The van der Waals surface area contributed by atoms with E-state index >= 15 is 0 Å². The Labute approximate surface area is 145 Å². The molecule has 0 aliphatic rings. The zero-order valence-corrected chi connectivity index (χ0v) is 14.4. The lowest BCUT2D eigenvalue weighted by atomic mass is 10.1. The number of para-hydroxylation sites is 1. The van der Waals surface area contributed by atoms with Crippen LogP contribution in [0.1, 0.15) is 20.8 Å². The number of aromatic amines is 1. The third-order valence-corrected chi connectivity index (χ3v) is 3.76. The molecule has 5 nitrogen and oxygen atoms in total. The van der Waals surface area contributed by atoms with Crippen molar-refractivity contribution in [3.8, 4) is 11.5 Å². The van der Waals surface area contributed by atoms with Gasteiger partial charge in [-0.2, -0.15) is 0 Å². The summed E-state index contributed by atoms with van der Waals surface area (Å²) >= 11 is 0. The van der Waals surface area contributed by atoms with E-state index in [9.17, 15) is 0 Å². The molecule has 0 aliphatic heterocycles. The van der Waals surface area contributed by atoms with Crippen LogP contribution in [-0.2, 0) is 4.84 Å². The van der Waals surface area contributed by atoms with Crippen LogP contribution in [0.25, 0.3) is 33.3 Å². The molecular formula is C20H19N3O2. The minimum Gasteiger partial charge on any atom is -0.454 e. The van der Waals surface area contributed by atoms with Crippen molar-refractivity contribution < 1.29 is 9.25 Å². The Morgan fingerprint density at radius 2 is 1.96 bits per heavy atom. The standard InChI is InChI=1S/C20H19N3O2/c1-20(2,3)25-23-15-11-19(24-18-7-5-4-6-14(15)18)16-10-13-8-9-21-17(13)12-22-16/h4-12,21H,1-3H3. The number of hydrogen-bond acceptors (Lipinski definition) is 4. The van der Waals surface area contributed by atoms with Gasteiger partial charge in [-0.05, 0) is 45.0 Å². The third kappa shape index (κ3) is 3.13. The first-order valence-electron chi connectivity index (χ1n) is 8.18. The summed E-state index contributed by atoms with van der Waals surface area (Å²) in [6, 6.07) is 13.7. The van der Waals surface area contributed by atoms with Gasteiger partial charge in [-0.1, -0.05) is 17.3 Å². The molecule has 0 saturated heterocycles. The highest BCUT2D eigenvalue weighted by atomic mass is 16.6. The molecule has 0 fully saturated rings. The second-order valence-corrected chi connectivity index (χ2v) is 6.92. The van der Waals surface area contributed by atoms with Gasteiger partial charge in [0.2, 0.25) is 0 Å². The van der Waals surface area contributed by atoms with E-state index in [-0.39, 0.29) is 5.60 Å². The Bertz CT molecular complexity index is 1120. The molecular weight excluding hydrogens is 314 g/mol. The molecule has 4 aromatic rings. The van der Waals surface area contributed by atoms with Crippen LogP contribution in [0.2, 0.25) is 0 Å². The lowest BCUT2D eigenvalue weighted by molar-refractivity contribution is -0.00585. The van der Waals surface area contributed by atoms with Gasteiger partial charge in [0.15, 0.2) is 5.76 Å². The first-order chi connectivity index (χ1) is 12.0. The second-order valence-electron chi connectivity index (χ2n) is 6.92. The zero-order valence-electron chi connectivity index (χ0n) is 14.4. The van der Waals surface area contributed by atoms with Gasteiger partial charge < -0.3 is 14.2 Å². The van der Waals surface area contributed by atoms with Crippen LogP contribution in [-0.4, -0.2) is 15.6 Å². The van der Waals surface area contributed by atoms with Crippen molar-refractivity contribution in [1.82, 2.24) is 9.97 Å². The van der Waals surface area contributed by atoms with Crippen molar-refractivity contribution in [2.24, 2.45) is 5.16 Å². The number of pyridine rings is 1. The first-order valence-corrected chi connectivity index (χ1v) is 8.18. The zero-order chi connectivity index (χ0) is 17.4. The Hall–Kier alpha value is -3.08. The van der Waals surface area contributed by atoms with E-state index in [1.54, 1.807) is 6.20 Å². The summed E-state index contributed by atoms with van der Waals surface area (Å²) in [7, 11) is 0. The number of fused-ring (bicyclic) bond motifs is 2. The number of aromatic nitrogens is 2. The fourth-order valence-corrected chi connectivity index (χ4v) is 2.59. The fraction of sp³-hybridized carbons (Fsp3) is 0.200. The van der Waals surface area contributed by atoms with E-state index in [0.717, 1.165) is 32.9 Å². The Morgan fingerprint density at radius 3 is 2.80 bits per heavy atom. The van der Waals surface area contributed by atoms with E-state index in [4.69, 9.17) is 9.25 Å². The molecule has 0 aliphatic carbocycles. The van der Waals surface area contributed by atoms with E-state index in [0.29, 0.717) is 5.76 Å². The largest absolute Gasteiger partial charge is 0.454 e. The maximum atomic E-state index is 6.06. The van der Waals surface area contributed by atoms with Crippen molar-refractivity contribution in [2.45, 2.75) is 26.4 Å². The summed E-state index contributed by atoms with van der Waals surface area (Å²) < 4.78 is 6.06. The maximum absolute atomic E-state index is 6.06. The molecule has 126 valence electrons. The van der Waals surface area contributed by atoms with Crippen LogP contribution in [0.3, 0.4) is 0 Å². The Kier molecular flexibility index (Phi) is 3.57. The summed E-state index contributed by atoms with van der Waals surface area (Å²) in [6.07, 6.45) is 3.70. The molecule has 3 aromatic heterocycles. The number of rotatable bonds is 2. The Balaban J connectivity index is 1.92. The fourth-order valence-electron chi connectivity index (χ4n) is 2.59. The molecule has 0 spiro atoms. The molecule has 0 unspecified atom stereocenters. The molecule has 1 N–H and O–H groups in total. The van der Waals surface area contributed by atoms with Crippen LogP contribution >= 0.6 is 0 Å². The molecule has 5 heteroatoms. The van der Waals surface area contributed by atoms with Crippen molar-refractivity contribution in [1.29, 1.82) is 0 Å². The maximum Gasteiger partial charge on any atom is 0.155 e. The average molecular weight is 333 g/mol. The summed E-state index contributed by atoms with van der Waals surface area (Å²) in [5.74, 6) is 0.651. The van der Waals surface area contributed by atoms with Crippen LogP contribution in [0, 0.1) is 0 Å². The van der Waals surface area contributed by atoms with Crippen LogP contribution in [0.15, 0.2) is 64.4 Å². The Morgan fingerprint density at radius 1 is 1.12 bits per heavy atom. The van der Waals surface area contributed by atoms with Gasteiger partial charge in [0, 0.05) is 23.0 Å². The topological polar surface area (TPSA) is 63.4 Å². The SMILES string of the molecule is CC(C)(C)ON=c1cc(-c2cc3cc[nH]c3cn2)oc2ccccc12. The highest BCUT2D eigenvalue weighted by Crippen LogP contribution is 2.23. The van der Waals surface area contributed by atoms with Gasteiger partial charge in [-0.25, -0.2) is 0 Å². The normalized spacial score (nSPS) is 12.8. The highest BCUT2D eigenvalue weighted by Gasteiger charge is 2.12. The minimum absolute atomic E-state index is 0.365.